The van der Waals surface area contributed by atoms with E-state index in [1.807, 2.05) is 0 Å². The van der Waals surface area contributed by atoms with Crippen LogP contribution in [0, 0.1) is 23.4 Å². The van der Waals surface area contributed by atoms with Gasteiger partial charge in [0.2, 0.25) is 0 Å². The lowest BCUT2D eigenvalue weighted by atomic mass is 9.83. The Kier molecular flexibility index (Phi) is 4.15. The first-order chi connectivity index (χ1) is 8.61. The quantitative estimate of drug-likeness (QED) is 0.787. The van der Waals surface area contributed by atoms with Crippen molar-refractivity contribution in [3.05, 3.63) is 29.6 Å². The molecule has 0 heterocycles. The maximum absolute atomic E-state index is 13.6. The second-order valence-electron chi connectivity index (χ2n) is 4.95. The zero-order chi connectivity index (χ0) is 13.1. The van der Waals surface area contributed by atoms with Crippen LogP contribution >= 0.6 is 0 Å². The van der Waals surface area contributed by atoms with Crippen molar-refractivity contribution in [2.75, 3.05) is 5.32 Å². The highest BCUT2D eigenvalue weighted by Gasteiger charge is 2.25. The van der Waals surface area contributed by atoms with Crippen molar-refractivity contribution in [1.29, 1.82) is 0 Å². The summed E-state index contributed by atoms with van der Waals surface area (Å²) in [7, 11) is 0. The first kappa shape index (κ1) is 13.2. The second-order valence-corrected chi connectivity index (χ2v) is 4.95. The smallest absolute Gasteiger partial charge is 0.182 e. The number of hydrogen-bond donors (Lipinski definition) is 1. The molecule has 0 aliphatic heterocycles. The van der Waals surface area contributed by atoms with Crippen LogP contribution in [0.3, 0.4) is 0 Å². The summed E-state index contributed by atoms with van der Waals surface area (Å²) in [6.45, 7) is 2.09. The lowest BCUT2D eigenvalue weighted by Crippen LogP contribution is -2.32. The van der Waals surface area contributed by atoms with Gasteiger partial charge in [0.1, 0.15) is 5.82 Å². The second kappa shape index (κ2) is 5.63. The Morgan fingerprint density at radius 3 is 2.61 bits per heavy atom. The molecule has 100 valence electrons. The molecule has 1 aromatic rings. The molecule has 18 heavy (non-hydrogen) atoms. The molecule has 0 spiro atoms. The van der Waals surface area contributed by atoms with Crippen LogP contribution in [0.25, 0.3) is 0 Å². The first-order valence-corrected chi connectivity index (χ1v) is 6.53. The third-order valence-corrected chi connectivity index (χ3v) is 3.77. The molecule has 1 N–H and O–H groups in total. The molecule has 1 aromatic carbocycles. The molecule has 4 heteroatoms. The largest absolute Gasteiger partial charge is 0.379 e. The van der Waals surface area contributed by atoms with Gasteiger partial charge in [-0.1, -0.05) is 26.2 Å². The van der Waals surface area contributed by atoms with Crippen molar-refractivity contribution < 1.29 is 13.2 Å². The Labute approximate surface area is 105 Å². The molecule has 0 amide bonds. The molecule has 2 rings (SSSR count). The van der Waals surface area contributed by atoms with E-state index < -0.39 is 17.5 Å². The molecule has 0 aromatic heterocycles. The van der Waals surface area contributed by atoms with Crippen LogP contribution in [-0.2, 0) is 0 Å². The summed E-state index contributed by atoms with van der Waals surface area (Å²) in [6, 6.07) is 1.71. The average molecular weight is 257 g/mol. The van der Waals surface area contributed by atoms with Crippen LogP contribution in [0.15, 0.2) is 12.1 Å². The van der Waals surface area contributed by atoms with Gasteiger partial charge in [0, 0.05) is 18.2 Å². The fourth-order valence-corrected chi connectivity index (χ4v) is 2.75. The molecule has 1 nitrogen and oxygen atoms in total. The van der Waals surface area contributed by atoms with Gasteiger partial charge in [0.25, 0.3) is 0 Å². The van der Waals surface area contributed by atoms with Crippen molar-refractivity contribution in [2.24, 2.45) is 5.92 Å². The Morgan fingerprint density at radius 2 is 1.89 bits per heavy atom. The monoisotopic (exact) mass is 257 g/mol. The number of nitrogens with one attached hydrogen (secondary N) is 1. The minimum Gasteiger partial charge on any atom is -0.379 e. The summed E-state index contributed by atoms with van der Waals surface area (Å²) in [4.78, 5) is 0. The van der Waals surface area contributed by atoms with Gasteiger partial charge in [-0.25, -0.2) is 13.2 Å². The van der Waals surface area contributed by atoms with Gasteiger partial charge in [0.15, 0.2) is 11.6 Å². The van der Waals surface area contributed by atoms with Gasteiger partial charge in [-0.2, -0.15) is 0 Å². The maximum atomic E-state index is 13.6. The summed E-state index contributed by atoms with van der Waals surface area (Å²) in [6.07, 6.45) is 5.27. The van der Waals surface area contributed by atoms with E-state index in [4.69, 9.17) is 0 Å². The van der Waals surface area contributed by atoms with Crippen molar-refractivity contribution in [1.82, 2.24) is 0 Å². The van der Waals surface area contributed by atoms with Crippen LogP contribution in [0.5, 0.6) is 0 Å². The third kappa shape index (κ3) is 2.79. The van der Waals surface area contributed by atoms with E-state index in [0.717, 1.165) is 31.7 Å². The standard InChI is InChI=1S/C14H18F3N/c1-2-9-5-3-4-6-12(9)18-13-8-10(15)7-11(16)14(13)17/h7-9,12,18H,2-6H2,1H3. The number of hydrogen-bond acceptors (Lipinski definition) is 1. The molecule has 1 fully saturated rings. The molecule has 1 aliphatic rings. The van der Waals surface area contributed by atoms with E-state index in [-0.39, 0.29) is 11.7 Å². The Balaban J connectivity index is 2.17. The minimum absolute atomic E-state index is 0.0575. The highest BCUT2D eigenvalue weighted by Crippen LogP contribution is 2.30. The molecular formula is C14H18F3N. The highest BCUT2D eigenvalue weighted by atomic mass is 19.2. The maximum Gasteiger partial charge on any atom is 0.182 e. The number of rotatable bonds is 3. The lowest BCUT2D eigenvalue weighted by Gasteiger charge is -2.32. The number of anilines is 1. The highest BCUT2D eigenvalue weighted by molar-refractivity contribution is 5.46. The zero-order valence-corrected chi connectivity index (χ0v) is 10.5. The van der Waals surface area contributed by atoms with E-state index in [1.165, 1.54) is 6.42 Å². The molecular weight excluding hydrogens is 239 g/mol. The minimum atomic E-state index is -1.14. The van der Waals surface area contributed by atoms with E-state index >= 15 is 0 Å². The van der Waals surface area contributed by atoms with Crippen LogP contribution in [-0.4, -0.2) is 6.04 Å². The van der Waals surface area contributed by atoms with Crippen molar-refractivity contribution in [3.8, 4) is 0 Å². The van der Waals surface area contributed by atoms with Gasteiger partial charge >= 0.3 is 0 Å². The van der Waals surface area contributed by atoms with Gasteiger partial charge in [-0.05, 0) is 18.8 Å². The number of halogens is 3. The molecule has 0 radical (unpaired) electrons. The number of benzene rings is 1. The SMILES string of the molecule is CCC1CCCCC1Nc1cc(F)cc(F)c1F. The van der Waals surface area contributed by atoms with E-state index in [0.29, 0.717) is 12.0 Å². The molecule has 0 bridgehead atoms. The Bertz CT molecular complexity index is 420. The summed E-state index contributed by atoms with van der Waals surface area (Å²) >= 11 is 0. The first-order valence-electron chi connectivity index (χ1n) is 6.53. The zero-order valence-electron chi connectivity index (χ0n) is 10.5. The van der Waals surface area contributed by atoms with E-state index in [2.05, 4.69) is 12.2 Å². The predicted octanol–water partition coefficient (Wildman–Crippen LogP) is 4.48. The van der Waals surface area contributed by atoms with E-state index in [9.17, 15) is 13.2 Å². The molecule has 0 saturated heterocycles. The lowest BCUT2D eigenvalue weighted by molar-refractivity contribution is 0.316. The summed E-state index contributed by atoms with van der Waals surface area (Å²) in [5.74, 6) is -2.43. The predicted molar refractivity (Wildman–Crippen MR) is 66.0 cm³/mol. The van der Waals surface area contributed by atoms with Gasteiger partial charge < -0.3 is 5.32 Å². The fourth-order valence-electron chi connectivity index (χ4n) is 2.75. The topological polar surface area (TPSA) is 12.0 Å². The Hall–Kier alpha value is -1.19. The summed E-state index contributed by atoms with van der Waals surface area (Å²) in [5, 5.41) is 2.98. The summed E-state index contributed by atoms with van der Waals surface area (Å²) in [5.41, 5.74) is -0.0575. The van der Waals surface area contributed by atoms with Crippen molar-refractivity contribution >= 4 is 5.69 Å². The van der Waals surface area contributed by atoms with E-state index in [1.54, 1.807) is 0 Å². The van der Waals surface area contributed by atoms with Gasteiger partial charge in [0.05, 0.1) is 5.69 Å². The van der Waals surface area contributed by atoms with Crippen LogP contribution in [0.2, 0.25) is 0 Å². The molecule has 1 aliphatic carbocycles. The van der Waals surface area contributed by atoms with Gasteiger partial charge in [-0.15, -0.1) is 0 Å². The average Bonchev–Trinajstić information content (AvgIpc) is 2.36. The normalized spacial score (nSPS) is 24.0. The molecule has 2 atom stereocenters. The third-order valence-electron chi connectivity index (χ3n) is 3.77. The van der Waals surface area contributed by atoms with Crippen molar-refractivity contribution in [2.45, 2.75) is 45.1 Å². The van der Waals surface area contributed by atoms with Gasteiger partial charge in [-0.3, -0.25) is 0 Å². The fraction of sp³-hybridized carbons (Fsp3) is 0.571. The van der Waals surface area contributed by atoms with Crippen LogP contribution in [0.4, 0.5) is 18.9 Å². The Morgan fingerprint density at radius 1 is 1.17 bits per heavy atom. The summed E-state index contributed by atoms with van der Waals surface area (Å²) < 4.78 is 39.8. The van der Waals surface area contributed by atoms with Crippen LogP contribution in [0.1, 0.15) is 39.0 Å². The molecule has 2 unspecified atom stereocenters. The van der Waals surface area contributed by atoms with Crippen LogP contribution < -0.4 is 5.32 Å². The van der Waals surface area contributed by atoms with Crippen molar-refractivity contribution in [3.63, 3.8) is 0 Å². The molecule has 1 saturated carbocycles.